The van der Waals surface area contributed by atoms with Crippen molar-refractivity contribution < 1.29 is 4.52 Å². The molecule has 2 aliphatic rings. The molecular formula is C14H24N4O. The van der Waals surface area contributed by atoms with Crippen LogP contribution in [0.2, 0.25) is 0 Å². The summed E-state index contributed by atoms with van der Waals surface area (Å²) in [5.41, 5.74) is 0. The zero-order valence-corrected chi connectivity index (χ0v) is 11.9. The average Bonchev–Trinajstić information content (AvgIpc) is 2.94. The van der Waals surface area contributed by atoms with Gasteiger partial charge in [-0.15, -0.1) is 0 Å². The minimum atomic E-state index is 0.723. The Morgan fingerprint density at radius 2 is 2.00 bits per heavy atom. The maximum Gasteiger partial charge on any atom is 0.226 e. The molecule has 0 radical (unpaired) electrons. The van der Waals surface area contributed by atoms with Gasteiger partial charge in [0.15, 0.2) is 5.82 Å². The highest BCUT2D eigenvalue weighted by atomic mass is 16.5. The van der Waals surface area contributed by atoms with Gasteiger partial charge in [0.2, 0.25) is 5.89 Å². The number of piperidine rings is 1. The molecule has 2 bridgehead atoms. The third-order valence-electron chi connectivity index (χ3n) is 4.33. The fourth-order valence-corrected chi connectivity index (χ4v) is 3.39. The highest BCUT2D eigenvalue weighted by Gasteiger charge is 2.34. The summed E-state index contributed by atoms with van der Waals surface area (Å²) in [6.07, 6.45) is 7.06. The van der Waals surface area contributed by atoms with E-state index in [1.807, 2.05) is 0 Å². The fourth-order valence-electron chi connectivity index (χ4n) is 3.39. The van der Waals surface area contributed by atoms with Crippen molar-refractivity contribution in [1.29, 1.82) is 0 Å². The Bertz CT molecular complexity index is 405. The molecule has 2 saturated heterocycles. The van der Waals surface area contributed by atoms with E-state index in [-0.39, 0.29) is 0 Å². The first kappa shape index (κ1) is 13.1. The van der Waals surface area contributed by atoms with Crippen LogP contribution in [-0.2, 0) is 12.8 Å². The smallest absolute Gasteiger partial charge is 0.226 e. The molecule has 1 N–H and O–H groups in total. The van der Waals surface area contributed by atoms with Gasteiger partial charge in [-0.1, -0.05) is 5.16 Å². The number of nitrogens with one attached hydrogen (secondary N) is 1. The normalized spacial score (nSPS) is 30.2. The van der Waals surface area contributed by atoms with Crippen LogP contribution in [0.15, 0.2) is 4.52 Å². The van der Waals surface area contributed by atoms with Crippen LogP contribution in [-0.4, -0.2) is 47.8 Å². The lowest BCUT2D eigenvalue weighted by atomic mass is 9.90. The van der Waals surface area contributed by atoms with Crippen LogP contribution >= 0.6 is 0 Å². The molecule has 2 unspecified atom stereocenters. The topological polar surface area (TPSA) is 54.2 Å². The first-order valence-corrected chi connectivity index (χ1v) is 7.41. The third kappa shape index (κ3) is 3.34. The Balaban J connectivity index is 1.52. The van der Waals surface area contributed by atoms with Gasteiger partial charge in [-0.05, 0) is 45.7 Å². The second-order valence-electron chi connectivity index (χ2n) is 6.34. The van der Waals surface area contributed by atoms with Crippen molar-refractivity contribution in [1.82, 2.24) is 20.4 Å². The monoisotopic (exact) mass is 264 g/mol. The van der Waals surface area contributed by atoms with E-state index < -0.39 is 0 Å². The van der Waals surface area contributed by atoms with Gasteiger partial charge in [-0.3, -0.25) is 0 Å². The van der Waals surface area contributed by atoms with E-state index in [2.05, 4.69) is 34.5 Å². The lowest BCUT2D eigenvalue weighted by Gasteiger charge is -2.28. The molecule has 0 saturated carbocycles. The van der Waals surface area contributed by atoms with E-state index in [9.17, 15) is 0 Å². The SMILES string of the molecule is CN(C)CCc1noc(CC2CC3CCC(C2)N3)n1. The third-order valence-corrected chi connectivity index (χ3v) is 4.33. The van der Waals surface area contributed by atoms with Crippen molar-refractivity contribution in [2.75, 3.05) is 20.6 Å². The molecule has 0 amide bonds. The van der Waals surface area contributed by atoms with E-state index in [4.69, 9.17) is 4.52 Å². The number of likely N-dealkylation sites (N-methyl/N-ethyl adjacent to an activating group) is 1. The first-order valence-electron chi connectivity index (χ1n) is 7.41. The Morgan fingerprint density at radius 1 is 1.26 bits per heavy atom. The zero-order valence-electron chi connectivity index (χ0n) is 11.9. The van der Waals surface area contributed by atoms with Gasteiger partial charge >= 0.3 is 0 Å². The zero-order chi connectivity index (χ0) is 13.2. The Morgan fingerprint density at radius 3 is 2.68 bits per heavy atom. The molecule has 0 aliphatic carbocycles. The number of hydrogen-bond donors (Lipinski definition) is 1. The lowest BCUT2D eigenvalue weighted by molar-refractivity contribution is 0.270. The summed E-state index contributed by atoms with van der Waals surface area (Å²) in [5, 5.41) is 7.75. The molecule has 19 heavy (non-hydrogen) atoms. The Kier molecular flexibility index (Phi) is 3.84. The van der Waals surface area contributed by atoms with Crippen LogP contribution in [0.25, 0.3) is 0 Å². The number of rotatable bonds is 5. The van der Waals surface area contributed by atoms with E-state index in [0.717, 1.165) is 49.1 Å². The maximum absolute atomic E-state index is 5.39. The van der Waals surface area contributed by atoms with E-state index in [1.54, 1.807) is 0 Å². The fraction of sp³-hybridized carbons (Fsp3) is 0.857. The van der Waals surface area contributed by atoms with E-state index in [0.29, 0.717) is 0 Å². The first-order chi connectivity index (χ1) is 9.19. The summed E-state index contributed by atoms with van der Waals surface area (Å²) >= 11 is 0. The molecule has 2 fully saturated rings. The van der Waals surface area contributed by atoms with Gasteiger partial charge in [0, 0.05) is 31.5 Å². The lowest BCUT2D eigenvalue weighted by Crippen LogP contribution is -2.38. The number of aromatic nitrogens is 2. The van der Waals surface area contributed by atoms with Gasteiger partial charge in [-0.2, -0.15) is 4.98 Å². The summed E-state index contributed by atoms with van der Waals surface area (Å²) in [5.74, 6) is 2.40. The van der Waals surface area contributed by atoms with Crippen LogP contribution in [0, 0.1) is 5.92 Å². The quantitative estimate of drug-likeness (QED) is 0.867. The maximum atomic E-state index is 5.39. The molecule has 0 spiro atoms. The summed E-state index contributed by atoms with van der Waals surface area (Å²) in [6, 6.07) is 1.47. The standard InChI is InChI=1S/C14H24N4O/c1-18(2)6-5-13-16-14(19-17-13)9-10-7-11-3-4-12(8-10)15-11/h10-12,15H,3-9H2,1-2H3. The molecule has 2 atom stereocenters. The summed E-state index contributed by atoms with van der Waals surface area (Å²) in [7, 11) is 4.12. The van der Waals surface area contributed by atoms with Crippen LogP contribution in [0.3, 0.4) is 0 Å². The average molecular weight is 264 g/mol. The van der Waals surface area contributed by atoms with Gasteiger partial charge in [0.1, 0.15) is 0 Å². The summed E-state index contributed by atoms with van der Waals surface area (Å²) in [6.45, 7) is 0.969. The van der Waals surface area contributed by atoms with Crippen molar-refractivity contribution in [2.24, 2.45) is 5.92 Å². The number of hydrogen-bond acceptors (Lipinski definition) is 5. The largest absolute Gasteiger partial charge is 0.339 e. The molecule has 106 valence electrons. The minimum absolute atomic E-state index is 0.723. The van der Waals surface area contributed by atoms with Crippen LogP contribution in [0.1, 0.15) is 37.4 Å². The molecular weight excluding hydrogens is 240 g/mol. The molecule has 1 aromatic rings. The van der Waals surface area contributed by atoms with Crippen LogP contribution in [0.4, 0.5) is 0 Å². The van der Waals surface area contributed by atoms with Crippen molar-refractivity contribution >= 4 is 0 Å². The van der Waals surface area contributed by atoms with Gasteiger partial charge in [-0.25, -0.2) is 0 Å². The number of fused-ring (bicyclic) bond motifs is 2. The van der Waals surface area contributed by atoms with Gasteiger partial charge in [0.25, 0.3) is 0 Å². The summed E-state index contributed by atoms with van der Waals surface area (Å²) in [4.78, 5) is 6.66. The Labute approximate surface area is 114 Å². The molecule has 5 nitrogen and oxygen atoms in total. The molecule has 1 aromatic heterocycles. The van der Waals surface area contributed by atoms with E-state index >= 15 is 0 Å². The Hall–Kier alpha value is -0.940. The van der Waals surface area contributed by atoms with E-state index in [1.165, 1.54) is 25.7 Å². The number of nitrogens with zero attached hydrogens (tertiary/aromatic N) is 3. The molecule has 0 aromatic carbocycles. The second-order valence-corrected chi connectivity index (χ2v) is 6.34. The van der Waals surface area contributed by atoms with Gasteiger partial charge < -0.3 is 14.7 Å². The van der Waals surface area contributed by atoms with Crippen molar-refractivity contribution in [3.05, 3.63) is 11.7 Å². The molecule has 5 heteroatoms. The molecule has 3 rings (SSSR count). The van der Waals surface area contributed by atoms with Crippen LogP contribution < -0.4 is 5.32 Å². The van der Waals surface area contributed by atoms with Crippen molar-refractivity contribution in [3.63, 3.8) is 0 Å². The van der Waals surface area contributed by atoms with Crippen LogP contribution in [0.5, 0.6) is 0 Å². The van der Waals surface area contributed by atoms with Crippen molar-refractivity contribution in [2.45, 2.75) is 50.6 Å². The highest BCUT2D eigenvalue weighted by Crippen LogP contribution is 2.32. The van der Waals surface area contributed by atoms with Crippen molar-refractivity contribution in [3.8, 4) is 0 Å². The van der Waals surface area contributed by atoms with Gasteiger partial charge in [0.05, 0.1) is 0 Å². The predicted octanol–water partition coefficient (Wildman–Crippen LogP) is 1.25. The summed E-state index contributed by atoms with van der Waals surface area (Å²) < 4.78 is 5.39. The second kappa shape index (κ2) is 5.59. The predicted molar refractivity (Wildman–Crippen MR) is 72.9 cm³/mol. The highest BCUT2D eigenvalue weighted by molar-refractivity contribution is 4.96. The minimum Gasteiger partial charge on any atom is -0.339 e. The molecule has 3 heterocycles. The molecule has 2 aliphatic heterocycles.